The summed E-state index contributed by atoms with van der Waals surface area (Å²) in [7, 11) is 0. The van der Waals surface area contributed by atoms with E-state index < -0.39 is 40.6 Å². The molecule has 2 heterocycles. The monoisotopic (exact) mass is 402 g/mol. The van der Waals surface area contributed by atoms with Gasteiger partial charge in [-0.3, -0.25) is 14.4 Å². The molecule has 1 aliphatic rings. The summed E-state index contributed by atoms with van der Waals surface area (Å²) in [4.78, 5) is 56.0. The molecule has 7 nitrogen and oxygen atoms in total. The Morgan fingerprint density at radius 2 is 1.55 bits per heavy atom. The van der Waals surface area contributed by atoms with Gasteiger partial charge in [0.2, 0.25) is 0 Å². The molecule has 0 saturated heterocycles. The Labute approximate surface area is 159 Å². The highest BCUT2D eigenvalue weighted by atomic mass is 19.4. The predicted octanol–water partition coefficient (Wildman–Crippen LogP) is 2.91. The first kappa shape index (κ1) is 18.4. The summed E-state index contributed by atoms with van der Waals surface area (Å²) in [5, 5.41) is 0.371. The maximum absolute atomic E-state index is 12.8. The molecule has 0 saturated carbocycles. The van der Waals surface area contributed by atoms with Crippen molar-refractivity contribution >= 4 is 28.7 Å². The SMILES string of the molecule is O=C(ON1C(=O)c2ccccc2C1=O)c1cc2ccc(C(F)(F)F)cc2[nH]c1=O. The molecule has 146 valence electrons. The molecule has 1 aromatic heterocycles. The third-order valence-corrected chi connectivity index (χ3v) is 4.32. The summed E-state index contributed by atoms with van der Waals surface area (Å²) in [6.45, 7) is 0. The molecule has 0 spiro atoms. The summed E-state index contributed by atoms with van der Waals surface area (Å²) in [6, 6.07) is 9.43. The molecule has 3 aromatic rings. The Morgan fingerprint density at radius 1 is 0.931 bits per heavy atom. The molecule has 0 unspecified atom stereocenters. The number of hydrogen-bond donors (Lipinski definition) is 1. The van der Waals surface area contributed by atoms with E-state index in [1.165, 1.54) is 24.3 Å². The summed E-state index contributed by atoms with van der Waals surface area (Å²) >= 11 is 0. The minimum atomic E-state index is -4.60. The quantitative estimate of drug-likeness (QED) is 0.665. The number of nitrogens with zero attached hydrogens (tertiary/aromatic N) is 1. The van der Waals surface area contributed by atoms with Crippen molar-refractivity contribution in [3.05, 3.63) is 81.1 Å². The lowest BCUT2D eigenvalue weighted by atomic mass is 10.1. The zero-order valence-electron chi connectivity index (χ0n) is 14.2. The number of halogens is 3. The van der Waals surface area contributed by atoms with E-state index in [2.05, 4.69) is 4.98 Å². The van der Waals surface area contributed by atoms with Crippen LogP contribution in [0.4, 0.5) is 13.2 Å². The van der Waals surface area contributed by atoms with Crippen molar-refractivity contribution < 1.29 is 32.4 Å². The number of hydroxylamine groups is 2. The van der Waals surface area contributed by atoms with Crippen LogP contribution in [-0.2, 0) is 11.0 Å². The third-order valence-electron chi connectivity index (χ3n) is 4.32. The van der Waals surface area contributed by atoms with E-state index in [1.807, 2.05) is 0 Å². The number of fused-ring (bicyclic) bond motifs is 2. The maximum Gasteiger partial charge on any atom is 0.416 e. The number of carbonyl (C=O) groups is 3. The minimum Gasteiger partial charge on any atom is -0.324 e. The van der Waals surface area contributed by atoms with Gasteiger partial charge >= 0.3 is 12.1 Å². The topological polar surface area (TPSA) is 96.5 Å². The van der Waals surface area contributed by atoms with Gasteiger partial charge in [0.1, 0.15) is 5.56 Å². The Bertz CT molecular complexity index is 1230. The molecule has 2 amide bonds. The summed E-state index contributed by atoms with van der Waals surface area (Å²) < 4.78 is 38.4. The van der Waals surface area contributed by atoms with Gasteiger partial charge in [-0.15, -0.1) is 0 Å². The minimum absolute atomic E-state index is 0.0393. The number of aromatic amines is 1. The highest BCUT2D eigenvalue weighted by Gasteiger charge is 2.39. The van der Waals surface area contributed by atoms with Gasteiger partial charge in [-0.1, -0.05) is 23.3 Å². The summed E-state index contributed by atoms with van der Waals surface area (Å²) in [5.74, 6) is -3.04. The molecule has 1 N–H and O–H groups in total. The molecule has 10 heteroatoms. The number of hydrogen-bond acceptors (Lipinski definition) is 5. The Hall–Kier alpha value is -3.95. The van der Waals surface area contributed by atoms with Gasteiger partial charge in [-0.2, -0.15) is 13.2 Å². The van der Waals surface area contributed by atoms with Crippen LogP contribution in [0.25, 0.3) is 10.9 Å². The number of rotatable bonds is 2. The second-order valence-corrected chi connectivity index (χ2v) is 6.14. The molecule has 0 aliphatic carbocycles. The Morgan fingerprint density at radius 3 is 2.14 bits per heavy atom. The van der Waals surface area contributed by atoms with Gasteiger partial charge in [-0.05, 0) is 35.7 Å². The van der Waals surface area contributed by atoms with Crippen molar-refractivity contribution in [3.63, 3.8) is 0 Å². The lowest BCUT2D eigenvalue weighted by Gasteiger charge is -2.13. The molecule has 0 atom stereocenters. The first-order valence-corrected chi connectivity index (χ1v) is 8.11. The van der Waals surface area contributed by atoms with Gasteiger partial charge in [-0.25, -0.2) is 4.79 Å². The first-order chi connectivity index (χ1) is 13.7. The average molecular weight is 402 g/mol. The number of H-pyrrole nitrogens is 1. The van der Waals surface area contributed by atoms with Gasteiger partial charge < -0.3 is 9.82 Å². The lowest BCUT2D eigenvalue weighted by molar-refractivity contribution is -0.137. The van der Waals surface area contributed by atoms with Crippen molar-refractivity contribution in [1.82, 2.24) is 10.0 Å². The van der Waals surface area contributed by atoms with E-state index in [9.17, 15) is 32.3 Å². The number of alkyl halides is 3. The van der Waals surface area contributed by atoms with E-state index in [4.69, 9.17) is 4.84 Å². The van der Waals surface area contributed by atoms with Crippen LogP contribution in [0.1, 0.15) is 36.6 Å². The van der Waals surface area contributed by atoms with Crippen LogP contribution in [0, 0.1) is 0 Å². The first-order valence-electron chi connectivity index (χ1n) is 8.11. The maximum atomic E-state index is 12.8. The molecule has 4 rings (SSSR count). The van der Waals surface area contributed by atoms with Crippen LogP contribution >= 0.6 is 0 Å². The van der Waals surface area contributed by atoms with E-state index in [-0.39, 0.29) is 27.1 Å². The molecule has 29 heavy (non-hydrogen) atoms. The van der Waals surface area contributed by atoms with Crippen molar-refractivity contribution in [2.75, 3.05) is 0 Å². The molecular weight excluding hydrogens is 393 g/mol. The largest absolute Gasteiger partial charge is 0.416 e. The number of nitrogens with one attached hydrogen (secondary N) is 1. The van der Waals surface area contributed by atoms with E-state index in [0.29, 0.717) is 0 Å². The zero-order valence-corrected chi connectivity index (χ0v) is 14.2. The molecule has 0 fully saturated rings. The van der Waals surface area contributed by atoms with Gasteiger partial charge in [0.15, 0.2) is 0 Å². The summed E-state index contributed by atoms with van der Waals surface area (Å²) in [6.07, 6.45) is -4.60. The Kier molecular flexibility index (Phi) is 4.00. The molecule has 0 bridgehead atoms. The lowest BCUT2D eigenvalue weighted by Crippen LogP contribution is -2.34. The second kappa shape index (κ2) is 6.30. The molecule has 1 aliphatic heterocycles. The summed E-state index contributed by atoms with van der Waals surface area (Å²) in [5.41, 5.74) is -2.63. The van der Waals surface area contributed by atoms with Crippen LogP contribution < -0.4 is 5.56 Å². The average Bonchev–Trinajstić information content (AvgIpc) is 2.91. The van der Waals surface area contributed by atoms with Crippen molar-refractivity contribution in [1.29, 1.82) is 0 Å². The van der Waals surface area contributed by atoms with Crippen LogP contribution in [0.2, 0.25) is 0 Å². The highest BCUT2D eigenvalue weighted by Crippen LogP contribution is 2.31. The number of aromatic nitrogens is 1. The zero-order chi connectivity index (χ0) is 20.9. The fourth-order valence-corrected chi connectivity index (χ4v) is 2.91. The fraction of sp³-hybridized carbons (Fsp3) is 0.0526. The normalized spacial score (nSPS) is 13.7. The number of imide groups is 1. The Balaban J connectivity index is 1.66. The van der Waals surface area contributed by atoms with Crippen LogP contribution in [0.15, 0.2) is 53.3 Å². The third kappa shape index (κ3) is 3.04. The predicted molar refractivity (Wildman–Crippen MR) is 91.9 cm³/mol. The number of amides is 2. The van der Waals surface area contributed by atoms with Crippen molar-refractivity contribution in [3.8, 4) is 0 Å². The van der Waals surface area contributed by atoms with Gasteiger partial charge in [0.05, 0.1) is 16.7 Å². The van der Waals surface area contributed by atoms with Crippen molar-refractivity contribution in [2.45, 2.75) is 6.18 Å². The van der Waals surface area contributed by atoms with Gasteiger partial charge in [0.25, 0.3) is 17.4 Å². The molecule has 2 aromatic carbocycles. The van der Waals surface area contributed by atoms with Crippen LogP contribution in [-0.4, -0.2) is 27.8 Å². The fourth-order valence-electron chi connectivity index (χ4n) is 2.91. The van der Waals surface area contributed by atoms with Gasteiger partial charge in [0, 0.05) is 5.52 Å². The number of carbonyl (C=O) groups excluding carboxylic acids is 3. The van der Waals surface area contributed by atoms with E-state index in [1.54, 1.807) is 0 Å². The molecular formula is C19H9F3N2O5. The van der Waals surface area contributed by atoms with E-state index in [0.717, 1.165) is 24.3 Å². The number of benzene rings is 2. The van der Waals surface area contributed by atoms with Crippen molar-refractivity contribution in [2.24, 2.45) is 0 Å². The second-order valence-electron chi connectivity index (χ2n) is 6.14. The molecule has 0 radical (unpaired) electrons. The van der Waals surface area contributed by atoms with Crippen LogP contribution in [0.5, 0.6) is 0 Å². The standard InChI is InChI=1S/C19H9F3N2O5/c20-19(21,22)10-6-5-9-7-13(15(25)23-14(9)8-10)18(28)29-24-16(26)11-3-1-2-4-12(11)17(24)27/h1-8H,(H,23,25). The number of pyridine rings is 1. The van der Waals surface area contributed by atoms with Crippen LogP contribution in [0.3, 0.4) is 0 Å². The highest BCUT2D eigenvalue weighted by molar-refractivity contribution is 6.21. The van der Waals surface area contributed by atoms with E-state index >= 15 is 0 Å². The smallest absolute Gasteiger partial charge is 0.324 e.